The molecule has 0 aliphatic heterocycles. The normalized spacial score (nSPS) is 11.0. The van der Waals surface area contributed by atoms with Crippen molar-refractivity contribution in [3.8, 4) is 17.2 Å². The lowest BCUT2D eigenvalue weighted by molar-refractivity contribution is 0.402. The van der Waals surface area contributed by atoms with Gasteiger partial charge in [0.1, 0.15) is 11.5 Å². The van der Waals surface area contributed by atoms with Gasteiger partial charge in [0, 0.05) is 11.3 Å². The maximum absolute atomic E-state index is 5.42. The van der Waals surface area contributed by atoms with Crippen molar-refractivity contribution in [3.05, 3.63) is 59.9 Å². The highest BCUT2D eigenvalue weighted by Crippen LogP contribution is 2.27. The molecule has 3 rings (SSSR count). The second kappa shape index (κ2) is 7.90. The highest BCUT2D eigenvalue weighted by Gasteiger charge is 2.11. The first kappa shape index (κ1) is 17.1. The number of methoxy groups -OCH3 is 2. The van der Waals surface area contributed by atoms with E-state index in [2.05, 4.69) is 10.2 Å². The van der Waals surface area contributed by atoms with Gasteiger partial charge in [0.25, 0.3) is 0 Å². The average Bonchev–Trinajstić information content (AvgIpc) is 3.09. The molecule has 0 amide bonds. The zero-order valence-corrected chi connectivity index (χ0v) is 15.2. The number of hydrogen-bond acceptors (Lipinski definition) is 5. The minimum Gasteiger partial charge on any atom is -0.497 e. The first-order valence-electron chi connectivity index (χ1n) is 7.71. The number of benzene rings is 2. The quantitative estimate of drug-likeness (QED) is 0.622. The first-order valence-corrected chi connectivity index (χ1v) is 8.94. The summed E-state index contributed by atoms with van der Waals surface area (Å²) in [7, 11) is 3.30. The number of nitrogens with zero attached hydrogens (tertiary/aromatic N) is 3. The van der Waals surface area contributed by atoms with E-state index < -0.39 is 0 Å². The molecule has 0 saturated heterocycles. The summed E-state index contributed by atoms with van der Waals surface area (Å²) in [5.74, 6) is 2.29. The topological polar surface area (TPSA) is 49.2 Å². The molecule has 0 N–H and O–H groups in total. The highest BCUT2D eigenvalue weighted by molar-refractivity contribution is 7.98. The molecule has 25 heavy (non-hydrogen) atoms. The lowest BCUT2D eigenvalue weighted by Gasteiger charge is -2.08. The molecule has 0 aliphatic carbocycles. The molecule has 6 heteroatoms. The van der Waals surface area contributed by atoms with E-state index in [4.69, 9.17) is 9.47 Å². The summed E-state index contributed by atoms with van der Waals surface area (Å²) >= 11 is 1.56. The summed E-state index contributed by atoms with van der Waals surface area (Å²) in [6, 6.07) is 15.7. The molecule has 0 atom stereocenters. The lowest BCUT2D eigenvalue weighted by Crippen LogP contribution is -1.98. The van der Waals surface area contributed by atoms with E-state index in [9.17, 15) is 0 Å². The predicted molar refractivity (Wildman–Crippen MR) is 102 cm³/mol. The molecule has 0 saturated carbocycles. The van der Waals surface area contributed by atoms with E-state index in [0.717, 1.165) is 33.7 Å². The van der Waals surface area contributed by atoms with Gasteiger partial charge in [0.15, 0.2) is 11.0 Å². The molecule has 0 unspecified atom stereocenters. The monoisotopic (exact) mass is 353 g/mol. The number of hydrogen-bond donors (Lipinski definition) is 0. The fourth-order valence-corrected chi connectivity index (χ4v) is 2.98. The summed E-state index contributed by atoms with van der Waals surface area (Å²) in [6.45, 7) is 0. The summed E-state index contributed by atoms with van der Waals surface area (Å²) in [4.78, 5) is 0. The largest absolute Gasteiger partial charge is 0.497 e. The minimum atomic E-state index is 0.750. The molecule has 1 heterocycles. The van der Waals surface area contributed by atoms with Gasteiger partial charge in [-0.2, -0.15) is 0 Å². The SMILES string of the molecule is COc1ccc(OC)c(/C=C/c2nnc(SC)n2-c2ccccc2)c1. The molecule has 0 aliphatic rings. The molecular weight excluding hydrogens is 334 g/mol. The zero-order chi connectivity index (χ0) is 17.6. The van der Waals surface area contributed by atoms with Gasteiger partial charge in [-0.1, -0.05) is 30.0 Å². The zero-order valence-electron chi connectivity index (χ0n) is 14.3. The second-order valence-corrected chi connectivity index (χ2v) is 5.93. The van der Waals surface area contributed by atoms with E-state index in [1.807, 2.05) is 71.5 Å². The van der Waals surface area contributed by atoms with Gasteiger partial charge in [-0.15, -0.1) is 10.2 Å². The number of rotatable bonds is 6. The Morgan fingerprint density at radius 2 is 1.76 bits per heavy atom. The van der Waals surface area contributed by atoms with Crippen LogP contribution in [0.4, 0.5) is 0 Å². The van der Waals surface area contributed by atoms with Crippen molar-refractivity contribution in [2.45, 2.75) is 5.16 Å². The van der Waals surface area contributed by atoms with Crippen LogP contribution in [0, 0.1) is 0 Å². The minimum absolute atomic E-state index is 0.750. The molecule has 5 nitrogen and oxygen atoms in total. The van der Waals surface area contributed by atoms with Crippen LogP contribution in [0.5, 0.6) is 11.5 Å². The van der Waals surface area contributed by atoms with Crippen molar-refractivity contribution in [2.24, 2.45) is 0 Å². The Morgan fingerprint density at radius 1 is 0.960 bits per heavy atom. The van der Waals surface area contributed by atoms with Gasteiger partial charge in [0.05, 0.1) is 14.2 Å². The van der Waals surface area contributed by atoms with E-state index in [1.165, 1.54) is 0 Å². The van der Waals surface area contributed by atoms with Crippen LogP contribution in [0.15, 0.2) is 53.7 Å². The number of para-hydroxylation sites is 1. The third-order valence-corrected chi connectivity index (χ3v) is 4.33. The lowest BCUT2D eigenvalue weighted by atomic mass is 10.1. The van der Waals surface area contributed by atoms with Crippen molar-refractivity contribution in [3.63, 3.8) is 0 Å². The van der Waals surface area contributed by atoms with Crippen molar-refractivity contribution < 1.29 is 9.47 Å². The van der Waals surface area contributed by atoms with Crippen LogP contribution >= 0.6 is 11.8 Å². The summed E-state index contributed by atoms with van der Waals surface area (Å²) < 4.78 is 12.7. The fourth-order valence-electron chi connectivity index (χ4n) is 2.48. The number of ether oxygens (including phenoxy) is 2. The third-order valence-electron chi connectivity index (χ3n) is 3.70. The van der Waals surface area contributed by atoms with Gasteiger partial charge in [-0.3, -0.25) is 4.57 Å². The second-order valence-electron chi connectivity index (χ2n) is 5.16. The maximum Gasteiger partial charge on any atom is 0.195 e. The Balaban J connectivity index is 2.02. The predicted octanol–water partition coefficient (Wildman–Crippen LogP) is 4.18. The van der Waals surface area contributed by atoms with Crippen molar-refractivity contribution in [2.75, 3.05) is 20.5 Å². The van der Waals surface area contributed by atoms with E-state index >= 15 is 0 Å². The highest BCUT2D eigenvalue weighted by atomic mass is 32.2. The summed E-state index contributed by atoms with van der Waals surface area (Å²) in [6.07, 6.45) is 5.87. The van der Waals surface area contributed by atoms with Gasteiger partial charge < -0.3 is 9.47 Å². The van der Waals surface area contributed by atoms with E-state index in [0.29, 0.717) is 0 Å². The first-order chi connectivity index (χ1) is 12.3. The molecular formula is C19H19N3O2S. The van der Waals surface area contributed by atoms with E-state index in [-0.39, 0.29) is 0 Å². The average molecular weight is 353 g/mol. The van der Waals surface area contributed by atoms with Crippen LogP contribution in [-0.2, 0) is 0 Å². The van der Waals surface area contributed by atoms with Gasteiger partial charge >= 0.3 is 0 Å². The maximum atomic E-state index is 5.42. The Labute approximate surface area is 151 Å². The molecule has 1 aromatic heterocycles. The van der Waals surface area contributed by atoms with Crippen molar-refractivity contribution in [1.29, 1.82) is 0 Å². The molecule has 0 spiro atoms. The third kappa shape index (κ3) is 3.69. The molecule has 0 bridgehead atoms. The Hall–Kier alpha value is -2.73. The van der Waals surface area contributed by atoms with Crippen molar-refractivity contribution in [1.82, 2.24) is 14.8 Å². The van der Waals surface area contributed by atoms with Crippen molar-refractivity contribution >= 4 is 23.9 Å². The molecule has 128 valence electrons. The van der Waals surface area contributed by atoms with Crippen LogP contribution in [0.25, 0.3) is 17.8 Å². The molecule has 0 radical (unpaired) electrons. The van der Waals surface area contributed by atoms with Crippen LogP contribution in [0.3, 0.4) is 0 Å². The van der Waals surface area contributed by atoms with Crippen LogP contribution in [0.1, 0.15) is 11.4 Å². The molecule has 2 aromatic carbocycles. The van der Waals surface area contributed by atoms with Gasteiger partial charge in [-0.05, 0) is 48.7 Å². The molecule has 3 aromatic rings. The smallest absolute Gasteiger partial charge is 0.195 e. The van der Waals surface area contributed by atoms with Gasteiger partial charge in [0.2, 0.25) is 0 Å². The van der Waals surface area contributed by atoms with Crippen LogP contribution in [-0.4, -0.2) is 35.2 Å². The van der Waals surface area contributed by atoms with E-state index in [1.54, 1.807) is 26.0 Å². The summed E-state index contributed by atoms with van der Waals surface area (Å²) in [5, 5.41) is 9.41. The summed E-state index contributed by atoms with van der Waals surface area (Å²) in [5.41, 5.74) is 1.93. The Kier molecular flexibility index (Phi) is 5.40. The number of thioether (sulfide) groups is 1. The standard InChI is InChI=1S/C19H19N3O2S/c1-23-16-10-11-17(24-2)14(13-16)9-12-18-20-21-19(25-3)22(18)15-7-5-4-6-8-15/h4-13H,1-3H3/b12-9+. The van der Waals surface area contributed by atoms with Crippen LogP contribution < -0.4 is 9.47 Å². The number of aromatic nitrogens is 3. The Morgan fingerprint density at radius 3 is 2.44 bits per heavy atom. The Bertz CT molecular complexity index is 876. The fraction of sp³-hybridized carbons (Fsp3) is 0.158. The molecule has 0 fully saturated rings. The van der Waals surface area contributed by atoms with Gasteiger partial charge in [-0.25, -0.2) is 0 Å². The van der Waals surface area contributed by atoms with Crippen LogP contribution in [0.2, 0.25) is 0 Å².